The van der Waals surface area contributed by atoms with Crippen molar-refractivity contribution < 1.29 is 14.3 Å². The number of anilines is 2. The fraction of sp³-hybridized carbons (Fsp3) is 0.227. The lowest BCUT2D eigenvalue weighted by Gasteiger charge is -2.41. The van der Waals surface area contributed by atoms with E-state index in [9.17, 15) is 9.59 Å². The average molecular weight is 474 g/mol. The molecule has 2 aromatic carbocycles. The summed E-state index contributed by atoms with van der Waals surface area (Å²) in [5.41, 5.74) is 2.36. The van der Waals surface area contributed by atoms with E-state index in [1.54, 1.807) is 24.1 Å². The number of ether oxygens (including phenoxy) is 1. The predicted octanol–water partition coefficient (Wildman–Crippen LogP) is 5.46. The quantitative estimate of drug-likeness (QED) is 0.534. The molecule has 2 aliphatic heterocycles. The van der Waals surface area contributed by atoms with Crippen LogP contribution in [0.25, 0.3) is 0 Å². The van der Waals surface area contributed by atoms with Gasteiger partial charge in [-0.05, 0) is 62.0 Å². The van der Waals surface area contributed by atoms with Crippen LogP contribution in [0.5, 0.6) is 0 Å². The van der Waals surface area contributed by atoms with Gasteiger partial charge in [0.15, 0.2) is 10.8 Å². The molecule has 1 spiro atoms. The second-order valence-electron chi connectivity index (χ2n) is 6.81. The van der Waals surface area contributed by atoms with Crippen molar-refractivity contribution in [1.29, 1.82) is 0 Å². The van der Waals surface area contributed by atoms with Gasteiger partial charge in [0.25, 0.3) is 0 Å². The third-order valence-corrected chi connectivity index (χ3v) is 7.94. The topological polar surface area (TPSA) is 62.2 Å². The molecule has 0 amide bonds. The second kappa shape index (κ2) is 8.61. The molecule has 0 radical (unpaired) electrons. The number of esters is 1. The van der Waals surface area contributed by atoms with Gasteiger partial charge in [0.05, 0.1) is 12.3 Å². The molecule has 0 N–H and O–H groups in total. The Bertz CT molecular complexity index is 1090. The summed E-state index contributed by atoms with van der Waals surface area (Å²) in [5, 5.41) is 7.39. The van der Waals surface area contributed by atoms with Crippen LogP contribution in [0.3, 0.4) is 0 Å². The molecule has 9 heteroatoms. The van der Waals surface area contributed by atoms with E-state index in [1.165, 1.54) is 30.4 Å². The largest absolute Gasteiger partial charge is 0.462 e. The Morgan fingerprint density at radius 2 is 1.74 bits per heavy atom. The maximum atomic E-state index is 12.8. The number of allylic oxidation sites excluding steroid dienone is 1. The lowest BCUT2D eigenvalue weighted by atomic mass is 10.2. The molecular weight excluding hydrogens is 454 g/mol. The standard InChI is InChI=1S/C22H20ClN3O3S2/c1-4-29-21(28)19-14(2)25(17-8-6-5-7-9-17)22(30-19)26(24-20(31-22)15(3)27)18-12-10-16(23)11-13-18/h5-13H,4H2,1-3H3/t22-/m0/s1. The van der Waals surface area contributed by atoms with Crippen molar-refractivity contribution >= 4 is 63.3 Å². The zero-order chi connectivity index (χ0) is 22.2. The van der Waals surface area contributed by atoms with Gasteiger partial charge in [-0.1, -0.05) is 41.6 Å². The van der Waals surface area contributed by atoms with Gasteiger partial charge in [-0.15, -0.1) is 0 Å². The highest BCUT2D eigenvalue weighted by Gasteiger charge is 2.57. The molecule has 31 heavy (non-hydrogen) atoms. The van der Waals surface area contributed by atoms with Crippen LogP contribution in [0.1, 0.15) is 20.8 Å². The van der Waals surface area contributed by atoms with Crippen LogP contribution in [-0.2, 0) is 14.3 Å². The molecule has 0 unspecified atom stereocenters. The number of thioether (sulfide) groups is 2. The number of para-hydroxylation sites is 1. The Kier molecular flexibility index (Phi) is 6.05. The molecule has 0 aliphatic carbocycles. The number of hydrogen-bond donors (Lipinski definition) is 0. The molecule has 4 rings (SSSR count). The first-order chi connectivity index (χ1) is 14.9. The zero-order valence-corrected chi connectivity index (χ0v) is 19.6. The maximum absolute atomic E-state index is 12.8. The summed E-state index contributed by atoms with van der Waals surface area (Å²) in [7, 11) is 0. The van der Waals surface area contributed by atoms with E-state index in [0.717, 1.165) is 17.1 Å². The van der Waals surface area contributed by atoms with Crippen molar-refractivity contribution in [3.63, 3.8) is 0 Å². The minimum absolute atomic E-state index is 0.142. The van der Waals surface area contributed by atoms with Crippen molar-refractivity contribution in [2.75, 3.05) is 16.5 Å². The number of Topliss-reactive ketones (excluding diaryl/α,β-unsaturated/α-hetero) is 1. The van der Waals surface area contributed by atoms with Crippen LogP contribution in [-0.4, -0.2) is 27.7 Å². The van der Waals surface area contributed by atoms with Crippen molar-refractivity contribution in [2.45, 2.75) is 25.1 Å². The molecule has 1 atom stereocenters. The fourth-order valence-electron chi connectivity index (χ4n) is 3.38. The summed E-state index contributed by atoms with van der Waals surface area (Å²) in [5.74, 6) is -0.535. The van der Waals surface area contributed by atoms with Crippen molar-refractivity contribution in [3.05, 3.63) is 70.2 Å². The van der Waals surface area contributed by atoms with Crippen molar-refractivity contribution in [3.8, 4) is 0 Å². The predicted molar refractivity (Wildman–Crippen MR) is 128 cm³/mol. The molecule has 0 aromatic heterocycles. The van der Waals surface area contributed by atoms with E-state index < -0.39 is 10.3 Å². The van der Waals surface area contributed by atoms with Crippen LogP contribution in [0, 0.1) is 0 Å². The van der Waals surface area contributed by atoms with Gasteiger partial charge in [-0.2, -0.15) is 5.10 Å². The van der Waals surface area contributed by atoms with E-state index in [0.29, 0.717) is 15.0 Å². The average Bonchev–Trinajstić information content (AvgIpc) is 3.28. The lowest BCUT2D eigenvalue weighted by Crippen LogP contribution is -2.49. The fourth-order valence-corrected chi connectivity index (χ4v) is 6.46. The molecule has 2 heterocycles. The smallest absolute Gasteiger partial charge is 0.346 e. The minimum atomic E-state index is -0.942. The van der Waals surface area contributed by atoms with Gasteiger partial charge in [0.2, 0.25) is 4.33 Å². The third kappa shape index (κ3) is 3.84. The summed E-state index contributed by atoms with van der Waals surface area (Å²) < 4.78 is 4.38. The Morgan fingerprint density at radius 1 is 1.06 bits per heavy atom. The summed E-state index contributed by atoms with van der Waals surface area (Å²) in [6.07, 6.45) is 0. The highest BCUT2D eigenvalue weighted by molar-refractivity contribution is 8.29. The molecule has 0 saturated heterocycles. The molecular formula is C22H20ClN3O3S2. The van der Waals surface area contributed by atoms with Crippen LogP contribution >= 0.6 is 35.1 Å². The Labute approximate surface area is 194 Å². The van der Waals surface area contributed by atoms with Gasteiger partial charge in [-0.25, -0.2) is 9.80 Å². The summed E-state index contributed by atoms with van der Waals surface area (Å²) in [4.78, 5) is 27.6. The summed E-state index contributed by atoms with van der Waals surface area (Å²) in [6.45, 7) is 5.43. The number of nitrogens with zero attached hydrogens (tertiary/aromatic N) is 3. The molecule has 0 bridgehead atoms. The zero-order valence-electron chi connectivity index (χ0n) is 17.2. The molecule has 0 fully saturated rings. The Hall–Kier alpha value is -2.42. The Balaban J connectivity index is 1.89. The number of rotatable bonds is 5. The summed E-state index contributed by atoms with van der Waals surface area (Å²) in [6, 6.07) is 17.0. The highest BCUT2D eigenvalue weighted by atomic mass is 35.5. The van der Waals surface area contributed by atoms with E-state index in [2.05, 4.69) is 5.10 Å². The number of carbonyl (C=O) groups excluding carboxylic acids is 2. The molecule has 0 saturated carbocycles. The molecule has 160 valence electrons. The van der Waals surface area contributed by atoms with Crippen molar-refractivity contribution in [1.82, 2.24) is 0 Å². The number of benzene rings is 2. The lowest BCUT2D eigenvalue weighted by molar-refractivity contribution is -0.137. The van der Waals surface area contributed by atoms with Gasteiger partial charge in [-0.3, -0.25) is 4.79 Å². The first-order valence-electron chi connectivity index (χ1n) is 9.64. The van der Waals surface area contributed by atoms with Crippen LogP contribution in [0.4, 0.5) is 11.4 Å². The van der Waals surface area contributed by atoms with Crippen molar-refractivity contribution in [2.24, 2.45) is 5.10 Å². The monoisotopic (exact) mass is 473 g/mol. The maximum Gasteiger partial charge on any atom is 0.346 e. The molecule has 2 aliphatic rings. The van der Waals surface area contributed by atoms with Crippen LogP contribution in [0.15, 0.2) is 70.3 Å². The molecule has 2 aromatic rings. The number of hydrogen-bond acceptors (Lipinski definition) is 8. The third-order valence-electron chi connectivity index (χ3n) is 4.72. The number of carbonyl (C=O) groups is 2. The number of halogens is 1. The van der Waals surface area contributed by atoms with E-state index in [-0.39, 0.29) is 12.4 Å². The second-order valence-corrected chi connectivity index (χ2v) is 9.84. The van der Waals surface area contributed by atoms with Gasteiger partial charge < -0.3 is 9.64 Å². The first kappa shape index (κ1) is 21.8. The van der Waals surface area contributed by atoms with Gasteiger partial charge in [0.1, 0.15) is 4.91 Å². The van der Waals surface area contributed by atoms with E-state index in [1.807, 2.05) is 54.3 Å². The van der Waals surface area contributed by atoms with Crippen LogP contribution < -0.4 is 9.91 Å². The van der Waals surface area contributed by atoms with Gasteiger partial charge in [0, 0.05) is 23.3 Å². The first-order valence-corrected chi connectivity index (χ1v) is 11.6. The van der Waals surface area contributed by atoms with E-state index >= 15 is 0 Å². The van der Waals surface area contributed by atoms with Gasteiger partial charge >= 0.3 is 5.97 Å². The summed E-state index contributed by atoms with van der Waals surface area (Å²) >= 11 is 8.74. The van der Waals surface area contributed by atoms with E-state index in [4.69, 9.17) is 16.3 Å². The number of hydrazone groups is 1. The normalized spacial score (nSPS) is 20.5. The molecule has 6 nitrogen and oxygen atoms in total. The minimum Gasteiger partial charge on any atom is -0.462 e. The number of ketones is 1. The highest BCUT2D eigenvalue weighted by Crippen LogP contribution is 2.60. The Morgan fingerprint density at radius 3 is 2.35 bits per heavy atom. The van der Waals surface area contributed by atoms with Crippen LogP contribution in [0.2, 0.25) is 5.02 Å². The SMILES string of the molecule is CCOC(=O)C1=C(C)N(c2ccccc2)[C@@]2(SC(C(C)=O)=NN2c2ccc(Cl)cc2)S1.